The first-order valence-electron chi connectivity index (χ1n) is 7.19. The minimum Gasteiger partial charge on any atom is -0.464 e. The lowest BCUT2D eigenvalue weighted by molar-refractivity contribution is 0.601. The van der Waals surface area contributed by atoms with Crippen molar-refractivity contribution in [3.63, 3.8) is 0 Å². The van der Waals surface area contributed by atoms with Gasteiger partial charge in [0, 0.05) is 23.5 Å². The zero-order chi connectivity index (χ0) is 13.4. The van der Waals surface area contributed by atoms with Crippen LogP contribution >= 0.6 is 0 Å². The van der Waals surface area contributed by atoms with E-state index >= 15 is 0 Å². The smallest absolute Gasteiger partial charge is 0.134 e. The van der Waals surface area contributed by atoms with Gasteiger partial charge in [0.1, 0.15) is 5.58 Å². The molecule has 0 amide bonds. The molecule has 0 bridgehead atoms. The normalized spacial score (nSPS) is 14.8. The second-order valence-electron chi connectivity index (χ2n) is 5.49. The van der Waals surface area contributed by atoms with Crippen LogP contribution in [-0.2, 0) is 6.54 Å². The molecule has 1 aromatic heterocycles. The highest BCUT2D eigenvalue weighted by Gasteiger charge is 2.20. The zero-order valence-corrected chi connectivity index (χ0v) is 11.3. The molecule has 1 aliphatic carbocycles. The van der Waals surface area contributed by atoms with E-state index in [0.717, 1.165) is 18.2 Å². The van der Waals surface area contributed by atoms with Crippen molar-refractivity contribution in [2.75, 3.05) is 0 Å². The molecule has 1 saturated carbocycles. The lowest BCUT2D eigenvalue weighted by Crippen LogP contribution is -2.14. The quantitative estimate of drug-likeness (QED) is 0.757. The first-order valence-corrected chi connectivity index (χ1v) is 7.19. The molecule has 2 heteroatoms. The Labute approximate surface area is 118 Å². The van der Waals surface area contributed by atoms with Crippen molar-refractivity contribution in [2.45, 2.75) is 25.4 Å². The fraction of sp³-hybridized carbons (Fsp3) is 0.222. The van der Waals surface area contributed by atoms with E-state index in [1.807, 2.05) is 12.3 Å². The van der Waals surface area contributed by atoms with Crippen LogP contribution < -0.4 is 5.32 Å². The van der Waals surface area contributed by atoms with Gasteiger partial charge < -0.3 is 9.73 Å². The van der Waals surface area contributed by atoms with E-state index in [2.05, 4.69) is 47.8 Å². The predicted molar refractivity (Wildman–Crippen MR) is 81.5 cm³/mol. The van der Waals surface area contributed by atoms with E-state index in [0.29, 0.717) is 0 Å². The maximum Gasteiger partial charge on any atom is 0.134 e. The summed E-state index contributed by atoms with van der Waals surface area (Å²) in [6.07, 6.45) is 4.50. The molecule has 0 unspecified atom stereocenters. The third-order valence-electron chi connectivity index (χ3n) is 3.92. The fourth-order valence-electron chi connectivity index (χ4n) is 2.57. The molecule has 2 nitrogen and oxygen atoms in total. The summed E-state index contributed by atoms with van der Waals surface area (Å²) in [6, 6.07) is 17.6. The molecule has 3 aromatic rings. The molecule has 4 rings (SSSR count). The molecule has 0 radical (unpaired) electrons. The second kappa shape index (κ2) is 4.80. The zero-order valence-electron chi connectivity index (χ0n) is 11.3. The van der Waals surface area contributed by atoms with Gasteiger partial charge in [-0.1, -0.05) is 36.4 Å². The van der Waals surface area contributed by atoms with Gasteiger partial charge in [-0.05, 0) is 36.1 Å². The van der Waals surface area contributed by atoms with Crippen LogP contribution in [0.2, 0.25) is 0 Å². The van der Waals surface area contributed by atoms with Crippen LogP contribution in [0.1, 0.15) is 18.4 Å². The number of hydrogen-bond acceptors (Lipinski definition) is 2. The van der Waals surface area contributed by atoms with Gasteiger partial charge in [0.15, 0.2) is 0 Å². The first-order chi connectivity index (χ1) is 9.90. The molecule has 0 saturated heterocycles. The van der Waals surface area contributed by atoms with Crippen molar-refractivity contribution in [1.82, 2.24) is 5.32 Å². The Morgan fingerprint density at radius 1 is 1.00 bits per heavy atom. The summed E-state index contributed by atoms with van der Waals surface area (Å²) in [5, 5.41) is 4.77. The van der Waals surface area contributed by atoms with Gasteiger partial charge in [-0.3, -0.25) is 0 Å². The van der Waals surface area contributed by atoms with Crippen molar-refractivity contribution in [1.29, 1.82) is 0 Å². The van der Waals surface area contributed by atoms with Crippen molar-refractivity contribution < 1.29 is 4.42 Å². The average molecular weight is 263 g/mol. The number of furan rings is 1. The van der Waals surface area contributed by atoms with Crippen LogP contribution in [0, 0.1) is 0 Å². The monoisotopic (exact) mass is 263 g/mol. The highest BCUT2D eigenvalue weighted by Crippen LogP contribution is 2.28. The topological polar surface area (TPSA) is 25.2 Å². The molecule has 2 aromatic carbocycles. The summed E-state index contributed by atoms with van der Waals surface area (Å²) >= 11 is 0. The van der Waals surface area contributed by atoms with Crippen LogP contribution in [0.3, 0.4) is 0 Å². The highest BCUT2D eigenvalue weighted by molar-refractivity contribution is 5.86. The molecule has 1 N–H and O–H groups in total. The minimum atomic E-state index is 0.720. The van der Waals surface area contributed by atoms with E-state index in [9.17, 15) is 0 Å². The molecule has 1 fully saturated rings. The van der Waals surface area contributed by atoms with Crippen LogP contribution in [0.25, 0.3) is 22.1 Å². The van der Waals surface area contributed by atoms with Crippen LogP contribution in [0.4, 0.5) is 0 Å². The largest absolute Gasteiger partial charge is 0.464 e. The standard InChI is InChI=1S/C18H17NO/c1-2-4-13(5-3-1)14-6-9-18-17(10-14)15(12-20-18)11-19-16-7-8-16/h1-6,9-10,12,16,19H,7-8,11H2. The third kappa shape index (κ3) is 2.23. The number of benzene rings is 2. The maximum absolute atomic E-state index is 5.65. The predicted octanol–water partition coefficient (Wildman–Crippen LogP) is 4.35. The lowest BCUT2D eigenvalue weighted by atomic mass is 10.0. The third-order valence-corrected chi connectivity index (χ3v) is 3.92. The molecule has 20 heavy (non-hydrogen) atoms. The highest BCUT2D eigenvalue weighted by atomic mass is 16.3. The Hall–Kier alpha value is -2.06. The van der Waals surface area contributed by atoms with Gasteiger partial charge in [0.05, 0.1) is 6.26 Å². The number of rotatable bonds is 4. The van der Waals surface area contributed by atoms with Gasteiger partial charge in [0.25, 0.3) is 0 Å². The van der Waals surface area contributed by atoms with Gasteiger partial charge in [0.2, 0.25) is 0 Å². The van der Waals surface area contributed by atoms with E-state index < -0.39 is 0 Å². The fourth-order valence-corrected chi connectivity index (χ4v) is 2.57. The van der Waals surface area contributed by atoms with Crippen molar-refractivity contribution in [3.8, 4) is 11.1 Å². The molecular weight excluding hydrogens is 246 g/mol. The summed E-state index contributed by atoms with van der Waals surface area (Å²) in [7, 11) is 0. The molecule has 1 heterocycles. The van der Waals surface area contributed by atoms with Gasteiger partial charge in [-0.15, -0.1) is 0 Å². The van der Waals surface area contributed by atoms with Crippen molar-refractivity contribution in [2.24, 2.45) is 0 Å². The van der Waals surface area contributed by atoms with Crippen LogP contribution in [0.5, 0.6) is 0 Å². The molecule has 0 aliphatic heterocycles. The van der Waals surface area contributed by atoms with Crippen LogP contribution in [-0.4, -0.2) is 6.04 Å². The Morgan fingerprint density at radius 2 is 1.85 bits per heavy atom. The first kappa shape index (κ1) is 11.7. The summed E-state index contributed by atoms with van der Waals surface area (Å²) < 4.78 is 5.65. The van der Waals surface area contributed by atoms with E-state index in [1.165, 1.54) is 34.9 Å². The Kier molecular flexibility index (Phi) is 2.82. The Bertz CT molecular complexity index is 726. The molecule has 1 aliphatic rings. The van der Waals surface area contributed by atoms with E-state index in [1.54, 1.807) is 0 Å². The number of nitrogens with one attached hydrogen (secondary N) is 1. The van der Waals surface area contributed by atoms with E-state index in [4.69, 9.17) is 4.42 Å². The van der Waals surface area contributed by atoms with Crippen molar-refractivity contribution >= 4 is 11.0 Å². The summed E-state index contributed by atoms with van der Waals surface area (Å²) in [5.74, 6) is 0. The van der Waals surface area contributed by atoms with Gasteiger partial charge >= 0.3 is 0 Å². The van der Waals surface area contributed by atoms with Crippen molar-refractivity contribution in [3.05, 3.63) is 60.4 Å². The Balaban J connectivity index is 1.71. The minimum absolute atomic E-state index is 0.720. The number of fused-ring (bicyclic) bond motifs is 1. The lowest BCUT2D eigenvalue weighted by Gasteiger charge is -2.03. The maximum atomic E-state index is 5.65. The molecular formula is C18H17NO. The number of hydrogen-bond donors (Lipinski definition) is 1. The van der Waals surface area contributed by atoms with Gasteiger partial charge in [-0.25, -0.2) is 0 Å². The summed E-state index contributed by atoms with van der Waals surface area (Å²) in [4.78, 5) is 0. The summed E-state index contributed by atoms with van der Waals surface area (Å²) in [5.41, 5.74) is 4.71. The Morgan fingerprint density at radius 3 is 2.65 bits per heavy atom. The van der Waals surface area contributed by atoms with Crippen LogP contribution in [0.15, 0.2) is 59.2 Å². The van der Waals surface area contributed by atoms with Gasteiger partial charge in [-0.2, -0.15) is 0 Å². The SMILES string of the molecule is c1ccc(-c2ccc3occ(CNC4CC4)c3c2)cc1. The van der Waals surface area contributed by atoms with E-state index in [-0.39, 0.29) is 0 Å². The molecule has 0 atom stereocenters. The molecule has 100 valence electrons. The average Bonchev–Trinajstić information content (AvgIpc) is 3.25. The molecule has 0 spiro atoms. The second-order valence-corrected chi connectivity index (χ2v) is 5.49. The summed E-state index contributed by atoms with van der Waals surface area (Å²) in [6.45, 7) is 0.899.